The average molecular weight is 355 g/mol. The fraction of sp³-hybridized carbons (Fsp3) is 0.474. The van der Waals surface area contributed by atoms with E-state index in [1.165, 1.54) is 4.57 Å². The predicted octanol–water partition coefficient (Wildman–Crippen LogP) is 0.719. The molecule has 1 saturated carbocycles. The maximum Gasteiger partial charge on any atom is 0.354 e. The number of nitrogens with zero attached hydrogens (tertiary/aromatic N) is 3. The Bertz CT molecular complexity index is 823. The SMILES string of the molecule is CC(CN1C[C@@H]2C(CN)[C@@H]2C1)Oc1ccc(-n2ccc(N)nc2=O)cc1. The lowest BCUT2D eigenvalue weighted by molar-refractivity contribution is 0.150. The van der Waals surface area contributed by atoms with E-state index < -0.39 is 5.69 Å². The molecule has 26 heavy (non-hydrogen) atoms. The highest BCUT2D eigenvalue weighted by Gasteiger charge is 2.54. The van der Waals surface area contributed by atoms with Gasteiger partial charge in [-0.1, -0.05) is 0 Å². The van der Waals surface area contributed by atoms with Gasteiger partial charge in [-0.15, -0.1) is 0 Å². The molecule has 4 atom stereocenters. The second-order valence-corrected chi connectivity index (χ2v) is 7.37. The van der Waals surface area contributed by atoms with Gasteiger partial charge in [-0.3, -0.25) is 9.47 Å². The van der Waals surface area contributed by atoms with Gasteiger partial charge in [0.05, 0.1) is 5.69 Å². The van der Waals surface area contributed by atoms with E-state index in [4.69, 9.17) is 16.2 Å². The Kier molecular flexibility index (Phi) is 4.42. The van der Waals surface area contributed by atoms with Crippen molar-refractivity contribution in [1.82, 2.24) is 14.5 Å². The van der Waals surface area contributed by atoms with Crippen molar-refractivity contribution in [2.45, 2.75) is 13.0 Å². The standard InChI is InChI=1S/C19H25N5O2/c1-12(9-23-10-16-15(8-20)17(16)11-23)26-14-4-2-13(3-5-14)24-7-6-18(21)22-19(24)25/h2-7,12,15-17H,8-11,20H2,1H3,(H2,21,22,25)/t12?,15?,16-,17+. The summed E-state index contributed by atoms with van der Waals surface area (Å²) in [5, 5.41) is 0. The minimum Gasteiger partial charge on any atom is -0.489 e. The number of rotatable bonds is 6. The monoisotopic (exact) mass is 355 g/mol. The minimum absolute atomic E-state index is 0.107. The summed E-state index contributed by atoms with van der Waals surface area (Å²) in [4.78, 5) is 18.1. The van der Waals surface area contributed by atoms with Crippen molar-refractivity contribution in [2.75, 3.05) is 31.9 Å². The average Bonchev–Trinajstić information content (AvgIpc) is 3.09. The molecule has 138 valence electrons. The van der Waals surface area contributed by atoms with Crippen LogP contribution in [0.1, 0.15) is 6.92 Å². The lowest BCUT2D eigenvalue weighted by Gasteiger charge is -2.24. The van der Waals surface area contributed by atoms with Gasteiger partial charge in [-0.2, -0.15) is 4.98 Å². The van der Waals surface area contributed by atoms with E-state index in [1.807, 2.05) is 24.3 Å². The first kappa shape index (κ1) is 17.1. The van der Waals surface area contributed by atoms with Crippen LogP contribution in [0.2, 0.25) is 0 Å². The number of fused-ring (bicyclic) bond motifs is 1. The number of aromatic nitrogens is 2. The van der Waals surface area contributed by atoms with Gasteiger partial charge < -0.3 is 16.2 Å². The van der Waals surface area contributed by atoms with Crippen LogP contribution in [0, 0.1) is 17.8 Å². The maximum atomic E-state index is 11.9. The zero-order valence-corrected chi connectivity index (χ0v) is 14.9. The summed E-state index contributed by atoms with van der Waals surface area (Å²) in [6, 6.07) is 9.04. The van der Waals surface area contributed by atoms with Crippen molar-refractivity contribution in [3.8, 4) is 11.4 Å². The van der Waals surface area contributed by atoms with E-state index in [0.717, 1.165) is 55.4 Å². The fourth-order valence-electron chi connectivity index (χ4n) is 4.17. The molecule has 2 heterocycles. The number of anilines is 1. The number of hydrogen-bond acceptors (Lipinski definition) is 6. The highest BCUT2D eigenvalue weighted by atomic mass is 16.5. The van der Waals surface area contributed by atoms with E-state index in [0.29, 0.717) is 0 Å². The minimum atomic E-state index is -0.393. The fourth-order valence-corrected chi connectivity index (χ4v) is 4.17. The van der Waals surface area contributed by atoms with Gasteiger partial charge in [-0.25, -0.2) is 4.79 Å². The normalized spacial score (nSPS) is 25.7. The molecule has 2 fully saturated rings. The maximum absolute atomic E-state index is 11.9. The van der Waals surface area contributed by atoms with Crippen LogP contribution in [-0.4, -0.2) is 46.7 Å². The molecule has 1 aromatic heterocycles. The molecule has 1 aliphatic carbocycles. The summed E-state index contributed by atoms with van der Waals surface area (Å²) < 4.78 is 7.48. The Morgan fingerprint density at radius 3 is 2.54 bits per heavy atom. The van der Waals surface area contributed by atoms with Crippen molar-refractivity contribution in [1.29, 1.82) is 0 Å². The number of ether oxygens (including phenoxy) is 1. The molecular weight excluding hydrogens is 330 g/mol. The lowest BCUT2D eigenvalue weighted by Crippen LogP contribution is -2.35. The highest BCUT2D eigenvalue weighted by molar-refractivity contribution is 5.38. The second-order valence-electron chi connectivity index (χ2n) is 7.37. The summed E-state index contributed by atoms with van der Waals surface area (Å²) in [5.41, 5.74) is 11.6. The third-order valence-corrected chi connectivity index (χ3v) is 5.51. The molecule has 2 aliphatic rings. The van der Waals surface area contributed by atoms with Crippen LogP contribution in [0.25, 0.3) is 5.69 Å². The van der Waals surface area contributed by atoms with Crippen molar-refractivity contribution >= 4 is 5.82 Å². The molecule has 2 unspecified atom stereocenters. The number of hydrogen-bond donors (Lipinski definition) is 2. The van der Waals surface area contributed by atoms with E-state index in [9.17, 15) is 4.79 Å². The number of nitrogens with two attached hydrogens (primary N) is 2. The lowest BCUT2D eigenvalue weighted by atomic mass is 10.2. The van der Waals surface area contributed by atoms with E-state index in [-0.39, 0.29) is 11.9 Å². The van der Waals surface area contributed by atoms with Crippen molar-refractivity contribution in [2.24, 2.45) is 23.5 Å². The molecule has 0 radical (unpaired) electrons. The summed E-state index contributed by atoms with van der Waals surface area (Å²) in [6.07, 6.45) is 1.73. The molecule has 0 bridgehead atoms. The molecule has 0 amide bonds. The molecule has 0 spiro atoms. The van der Waals surface area contributed by atoms with Gasteiger partial charge >= 0.3 is 5.69 Å². The zero-order chi connectivity index (χ0) is 18.3. The summed E-state index contributed by atoms with van der Waals surface area (Å²) in [6.45, 7) is 6.13. The Balaban J connectivity index is 1.33. The molecule has 4 N–H and O–H groups in total. The van der Waals surface area contributed by atoms with Crippen LogP contribution in [0.15, 0.2) is 41.3 Å². The molecule has 2 aromatic rings. The van der Waals surface area contributed by atoms with E-state index >= 15 is 0 Å². The van der Waals surface area contributed by atoms with Gasteiger partial charge in [0, 0.05) is 25.8 Å². The van der Waals surface area contributed by atoms with Crippen LogP contribution in [0.3, 0.4) is 0 Å². The van der Waals surface area contributed by atoms with Gasteiger partial charge in [0.15, 0.2) is 0 Å². The molecule has 7 nitrogen and oxygen atoms in total. The predicted molar refractivity (Wildman–Crippen MR) is 100 cm³/mol. The topological polar surface area (TPSA) is 99.4 Å². The van der Waals surface area contributed by atoms with Crippen molar-refractivity contribution in [3.05, 3.63) is 47.0 Å². The molecule has 4 rings (SSSR count). The van der Waals surface area contributed by atoms with Crippen molar-refractivity contribution in [3.63, 3.8) is 0 Å². The Labute approximate surface area is 152 Å². The number of likely N-dealkylation sites (tertiary alicyclic amines) is 1. The number of piperidine rings is 1. The van der Waals surface area contributed by atoms with Crippen LogP contribution >= 0.6 is 0 Å². The summed E-state index contributed by atoms with van der Waals surface area (Å²) in [7, 11) is 0. The Hall–Kier alpha value is -2.38. The quantitative estimate of drug-likeness (QED) is 0.792. The number of benzene rings is 1. The first-order valence-corrected chi connectivity index (χ1v) is 9.10. The molecule has 7 heteroatoms. The number of nitrogen functional groups attached to an aromatic ring is 1. The zero-order valence-electron chi connectivity index (χ0n) is 14.9. The summed E-state index contributed by atoms with van der Waals surface area (Å²) in [5.74, 6) is 3.37. The molecular formula is C19H25N5O2. The third kappa shape index (κ3) is 3.32. The molecule has 1 aliphatic heterocycles. The Morgan fingerprint density at radius 1 is 1.23 bits per heavy atom. The third-order valence-electron chi connectivity index (χ3n) is 5.51. The van der Waals surface area contributed by atoms with Gasteiger partial charge in [0.1, 0.15) is 17.7 Å². The highest BCUT2D eigenvalue weighted by Crippen LogP contribution is 2.50. The first-order valence-electron chi connectivity index (χ1n) is 9.10. The van der Waals surface area contributed by atoms with Crippen LogP contribution in [0.4, 0.5) is 5.82 Å². The Morgan fingerprint density at radius 2 is 1.92 bits per heavy atom. The van der Waals surface area contributed by atoms with E-state index in [2.05, 4.69) is 16.8 Å². The smallest absolute Gasteiger partial charge is 0.354 e. The largest absolute Gasteiger partial charge is 0.489 e. The molecule has 1 aromatic carbocycles. The van der Waals surface area contributed by atoms with Gasteiger partial charge in [0.25, 0.3) is 0 Å². The van der Waals surface area contributed by atoms with Crippen LogP contribution < -0.4 is 21.9 Å². The van der Waals surface area contributed by atoms with Gasteiger partial charge in [-0.05, 0) is 61.6 Å². The van der Waals surface area contributed by atoms with E-state index in [1.54, 1.807) is 12.3 Å². The van der Waals surface area contributed by atoms with Gasteiger partial charge in [0.2, 0.25) is 0 Å². The summed E-state index contributed by atoms with van der Waals surface area (Å²) >= 11 is 0. The van der Waals surface area contributed by atoms with Crippen molar-refractivity contribution < 1.29 is 4.74 Å². The van der Waals surface area contributed by atoms with Crippen LogP contribution in [0.5, 0.6) is 5.75 Å². The molecule has 1 saturated heterocycles. The van der Waals surface area contributed by atoms with Crippen LogP contribution in [-0.2, 0) is 0 Å². The first-order chi connectivity index (χ1) is 12.5. The second kappa shape index (κ2) is 6.74.